The molecule has 0 saturated carbocycles. The molecule has 3 heterocycles. The van der Waals surface area contributed by atoms with Gasteiger partial charge in [-0.1, -0.05) is 26.0 Å². The molecule has 2 aromatic carbocycles. The molecule has 194 valence electrons. The summed E-state index contributed by atoms with van der Waals surface area (Å²) in [4.78, 5) is 33.1. The van der Waals surface area contributed by atoms with Crippen LogP contribution in [-0.4, -0.2) is 22.5 Å². The molecule has 2 N–H and O–H groups in total. The van der Waals surface area contributed by atoms with Crippen LogP contribution in [-0.2, 0) is 6.42 Å². The molecule has 8 heteroatoms. The Morgan fingerprint density at radius 1 is 1.08 bits per heavy atom. The molecular formula is C30H28FN3O4. The van der Waals surface area contributed by atoms with Gasteiger partial charge in [-0.25, -0.2) is 4.39 Å². The maximum absolute atomic E-state index is 13.3. The average Bonchev–Trinajstić information content (AvgIpc) is 2.89. The Bertz CT molecular complexity index is 1510. The molecule has 0 spiro atoms. The van der Waals surface area contributed by atoms with E-state index in [4.69, 9.17) is 9.47 Å². The van der Waals surface area contributed by atoms with Crippen LogP contribution >= 0.6 is 0 Å². The zero-order valence-electron chi connectivity index (χ0n) is 21.2. The molecule has 0 aliphatic carbocycles. The van der Waals surface area contributed by atoms with Gasteiger partial charge in [-0.3, -0.25) is 14.6 Å². The van der Waals surface area contributed by atoms with Crippen molar-refractivity contribution in [3.8, 4) is 28.4 Å². The second kappa shape index (κ2) is 10.5. The SMILES string of the molecule is CC1(C)CCCc2nccc(Oc3ccc(NC(=O)c4c[nH]cc(-c5ccc(F)cc5)c4=O)cc3)c2OC1. The number of hydrogen-bond donors (Lipinski definition) is 2. The molecule has 0 saturated heterocycles. The number of anilines is 1. The number of rotatable bonds is 5. The summed E-state index contributed by atoms with van der Waals surface area (Å²) in [5.74, 6) is 0.858. The van der Waals surface area contributed by atoms with Gasteiger partial charge in [0.15, 0.2) is 11.5 Å². The molecule has 5 rings (SSSR count). The lowest BCUT2D eigenvalue weighted by Crippen LogP contribution is -2.24. The fourth-order valence-corrected chi connectivity index (χ4v) is 4.39. The van der Waals surface area contributed by atoms with E-state index in [0.717, 1.165) is 25.0 Å². The van der Waals surface area contributed by atoms with E-state index >= 15 is 0 Å². The van der Waals surface area contributed by atoms with Crippen molar-refractivity contribution >= 4 is 11.6 Å². The minimum absolute atomic E-state index is 0.0531. The third kappa shape index (κ3) is 5.59. The van der Waals surface area contributed by atoms with Crippen molar-refractivity contribution in [3.63, 3.8) is 0 Å². The van der Waals surface area contributed by atoms with Crippen LogP contribution in [0.15, 0.2) is 78.0 Å². The number of amides is 1. The first-order chi connectivity index (χ1) is 18.3. The molecular weight excluding hydrogens is 485 g/mol. The van der Waals surface area contributed by atoms with E-state index in [-0.39, 0.29) is 16.5 Å². The standard InChI is InChI=1S/C30H28FN3O4/c1-30(2)14-3-4-25-28(37-18-30)26(13-15-33-25)38-22-11-9-21(10-12-22)34-29(36)24-17-32-16-23(27(24)35)19-5-7-20(31)8-6-19/h5-13,15-17H,3-4,14,18H2,1-2H3,(H,32,35)(H,34,36). The molecule has 1 aliphatic heterocycles. The summed E-state index contributed by atoms with van der Waals surface area (Å²) in [5, 5.41) is 2.74. The number of aromatic amines is 1. The molecule has 0 atom stereocenters. The predicted molar refractivity (Wildman–Crippen MR) is 143 cm³/mol. The number of carbonyl (C=O) groups is 1. The van der Waals surface area contributed by atoms with Crippen molar-refractivity contribution in [2.45, 2.75) is 33.1 Å². The second-order valence-corrected chi connectivity index (χ2v) is 10.1. The Labute approximate surface area is 219 Å². The van der Waals surface area contributed by atoms with E-state index in [2.05, 4.69) is 29.1 Å². The molecule has 0 fully saturated rings. The van der Waals surface area contributed by atoms with Crippen molar-refractivity contribution in [1.29, 1.82) is 0 Å². The summed E-state index contributed by atoms with van der Waals surface area (Å²) in [6, 6.07) is 14.2. The normalized spacial score (nSPS) is 14.4. The highest BCUT2D eigenvalue weighted by Crippen LogP contribution is 2.38. The second-order valence-electron chi connectivity index (χ2n) is 10.1. The molecule has 1 aliphatic rings. The molecule has 38 heavy (non-hydrogen) atoms. The summed E-state index contributed by atoms with van der Waals surface area (Å²) < 4.78 is 25.5. The minimum Gasteiger partial charge on any atom is -0.487 e. The van der Waals surface area contributed by atoms with E-state index in [1.54, 1.807) is 36.5 Å². The zero-order valence-corrected chi connectivity index (χ0v) is 21.2. The Balaban J connectivity index is 1.30. The number of pyridine rings is 2. The first-order valence-corrected chi connectivity index (χ1v) is 12.5. The first-order valence-electron chi connectivity index (χ1n) is 12.5. The van der Waals surface area contributed by atoms with E-state index in [1.165, 1.54) is 36.7 Å². The van der Waals surface area contributed by atoms with Crippen LogP contribution in [0.2, 0.25) is 0 Å². The van der Waals surface area contributed by atoms with Crippen molar-refractivity contribution in [1.82, 2.24) is 9.97 Å². The zero-order chi connectivity index (χ0) is 26.7. The number of ether oxygens (including phenoxy) is 2. The van der Waals surface area contributed by atoms with Gasteiger partial charge in [-0.2, -0.15) is 0 Å². The van der Waals surface area contributed by atoms with Gasteiger partial charge in [-0.15, -0.1) is 0 Å². The maximum Gasteiger partial charge on any atom is 0.261 e. The fraction of sp³-hybridized carbons (Fsp3) is 0.233. The van der Waals surface area contributed by atoms with E-state index < -0.39 is 17.2 Å². The smallest absolute Gasteiger partial charge is 0.261 e. The molecule has 1 amide bonds. The molecule has 4 aromatic rings. The minimum atomic E-state index is -0.560. The van der Waals surface area contributed by atoms with E-state index in [1.807, 2.05) is 0 Å². The monoisotopic (exact) mass is 513 g/mol. The number of aryl methyl sites for hydroxylation is 1. The van der Waals surface area contributed by atoms with Crippen molar-refractivity contribution < 1.29 is 18.7 Å². The van der Waals surface area contributed by atoms with Crippen LogP contribution in [0.4, 0.5) is 10.1 Å². The van der Waals surface area contributed by atoms with Gasteiger partial charge in [0, 0.05) is 35.9 Å². The van der Waals surface area contributed by atoms with Crippen LogP contribution in [0.25, 0.3) is 11.1 Å². The highest BCUT2D eigenvalue weighted by molar-refractivity contribution is 6.04. The fourth-order valence-electron chi connectivity index (χ4n) is 4.39. The summed E-state index contributed by atoms with van der Waals surface area (Å²) >= 11 is 0. The predicted octanol–water partition coefficient (Wildman–Crippen LogP) is 6.36. The van der Waals surface area contributed by atoms with Crippen molar-refractivity contribution in [3.05, 3.63) is 100 Å². The average molecular weight is 514 g/mol. The van der Waals surface area contributed by atoms with Crippen LogP contribution in [0.5, 0.6) is 17.2 Å². The van der Waals surface area contributed by atoms with E-state index in [0.29, 0.717) is 35.1 Å². The van der Waals surface area contributed by atoms with Gasteiger partial charge >= 0.3 is 0 Å². The molecule has 2 aromatic heterocycles. The largest absolute Gasteiger partial charge is 0.487 e. The van der Waals surface area contributed by atoms with Gasteiger partial charge in [0.25, 0.3) is 5.91 Å². The van der Waals surface area contributed by atoms with Crippen LogP contribution < -0.4 is 20.2 Å². The van der Waals surface area contributed by atoms with Crippen LogP contribution in [0.1, 0.15) is 42.7 Å². The topological polar surface area (TPSA) is 93.3 Å². The van der Waals surface area contributed by atoms with Gasteiger partial charge in [0.2, 0.25) is 5.43 Å². The summed E-state index contributed by atoms with van der Waals surface area (Å²) in [6.07, 6.45) is 7.48. The molecule has 7 nitrogen and oxygen atoms in total. The number of hydrogen-bond acceptors (Lipinski definition) is 5. The summed E-state index contributed by atoms with van der Waals surface area (Å²) in [5.41, 5.74) is 1.74. The van der Waals surface area contributed by atoms with Crippen LogP contribution in [0.3, 0.4) is 0 Å². The lowest BCUT2D eigenvalue weighted by atomic mass is 9.87. The Kier molecular flexibility index (Phi) is 6.96. The van der Waals surface area contributed by atoms with Gasteiger partial charge in [-0.05, 0) is 66.6 Å². The summed E-state index contributed by atoms with van der Waals surface area (Å²) in [6.45, 7) is 4.96. The number of H-pyrrole nitrogens is 1. The number of aromatic nitrogens is 2. The number of fused-ring (bicyclic) bond motifs is 1. The first kappa shape index (κ1) is 25.2. The number of carbonyl (C=O) groups excluding carboxylic acids is 1. The third-order valence-corrected chi connectivity index (χ3v) is 6.50. The van der Waals surface area contributed by atoms with E-state index in [9.17, 15) is 14.0 Å². The van der Waals surface area contributed by atoms with Crippen molar-refractivity contribution in [2.75, 3.05) is 11.9 Å². The molecule has 0 bridgehead atoms. The Morgan fingerprint density at radius 3 is 2.61 bits per heavy atom. The van der Waals surface area contributed by atoms with Crippen LogP contribution in [0, 0.1) is 11.2 Å². The molecule has 0 unspecified atom stereocenters. The van der Waals surface area contributed by atoms with Gasteiger partial charge < -0.3 is 19.8 Å². The quantitative estimate of drug-likeness (QED) is 0.324. The maximum atomic E-state index is 13.3. The van der Waals surface area contributed by atoms with Crippen molar-refractivity contribution in [2.24, 2.45) is 5.41 Å². The molecule has 0 radical (unpaired) electrons. The number of nitrogens with zero attached hydrogens (tertiary/aromatic N) is 1. The van der Waals surface area contributed by atoms with Gasteiger partial charge in [0.05, 0.1) is 12.3 Å². The Morgan fingerprint density at radius 2 is 1.84 bits per heavy atom. The lowest BCUT2D eigenvalue weighted by Gasteiger charge is -2.28. The number of benzene rings is 2. The Hall–Kier alpha value is -4.46. The van der Waals surface area contributed by atoms with Gasteiger partial charge in [0.1, 0.15) is 17.1 Å². The lowest BCUT2D eigenvalue weighted by molar-refractivity contribution is 0.102. The highest BCUT2D eigenvalue weighted by atomic mass is 19.1. The summed E-state index contributed by atoms with van der Waals surface area (Å²) in [7, 11) is 0. The highest BCUT2D eigenvalue weighted by Gasteiger charge is 2.25. The number of nitrogens with one attached hydrogen (secondary N) is 2. The third-order valence-electron chi connectivity index (χ3n) is 6.50. The number of halogens is 1.